The van der Waals surface area contributed by atoms with Crippen molar-refractivity contribution in [3.8, 4) is 0 Å². The van der Waals surface area contributed by atoms with E-state index in [0.717, 1.165) is 28.4 Å². The fourth-order valence-electron chi connectivity index (χ4n) is 2.65. The van der Waals surface area contributed by atoms with Gasteiger partial charge in [-0.25, -0.2) is 0 Å². The molecule has 0 aromatic carbocycles. The van der Waals surface area contributed by atoms with Crippen molar-refractivity contribution in [2.24, 2.45) is 0 Å². The van der Waals surface area contributed by atoms with Crippen LogP contribution in [0.2, 0.25) is 0 Å². The van der Waals surface area contributed by atoms with Crippen LogP contribution in [0, 0.1) is 6.92 Å². The predicted octanol–water partition coefficient (Wildman–Crippen LogP) is 3.22. The van der Waals surface area contributed by atoms with Crippen LogP contribution in [0.25, 0.3) is 0 Å². The van der Waals surface area contributed by atoms with Gasteiger partial charge in [0.25, 0.3) is 5.91 Å². The quantitative estimate of drug-likeness (QED) is 0.839. The van der Waals surface area contributed by atoms with E-state index in [-0.39, 0.29) is 11.9 Å². The number of nitrogens with zero attached hydrogens (tertiary/aromatic N) is 1. The van der Waals surface area contributed by atoms with Crippen molar-refractivity contribution < 1.29 is 13.9 Å². The van der Waals surface area contributed by atoms with Crippen LogP contribution >= 0.6 is 27.3 Å². The summed E-state index contributed by atoms with van der Waals surface area (Å²) >= 11 is 4.89. The lowest BCUT2D eigenvalue weighted by atomic mass is 10.1. The number of rotatable bonds is 5. The Morgan fingerprint density at radius 2 is 2.22 bits per heavy atom. The van der Waals surface area contributed by atoms with Gasteiger partial charge in [-0.3, -0.25) is 9.69 Å². The zero-order chi connectivity index (χ0) is 16.2. The minimum atomic E-state index is -0.0616. The molecule has 0 radical (unpaired) electrons. The Morgan fingerprint density at radius 3 is 2.83 bits per heavy atom. The number of thiophene rings is 1. The van der Waals surface area contributed by atoms with E-state index in [1.807, 2.05) is 30.5 Å². The standard InChI is InChI=1S/C16H19BrN2O3S/c1-11-2-3-14(22-11)13(19-4-6-21-7-5-19)9-18-16(20)12-8-15(17)23-10-12/h2-3,8,10,13H,4-7,9H2,1H3,(H,18,20). The van der Waals surface area contributed by atoms with Gasteiger partial charge in [0.05, 0.1) is 28.6 Å². The molecular formula is C16H19BrN2O3S. The van der Waals surface area contributed by atoms with Gasteiger partial charge in [0.15, 0.2) is 0 Å². The molecule has 0 saturated carbocycles. The molecule has 3 heterocycles. The second-order valence-electron chi connectivity index (χ2n) is 5.46. The number of halogens is 1. The molecule has 7 heteroatoms. The zero-order valence-electron chi connectivity index (χ0n) is 12.9. The summed E-state index contributed by atoms with van der Waals surface area (Å²) in [4.78, 5) is 14.6. The van der Waals surface area contributed by atoms with Crippen LogP contribution in [0.15, 0.2) is 31.8 Å². The second kappa shape index (κ2) is 7.61. The summed E-state index contributed by atoms with van der Waals surface area (Å²) < 4.78 is 12.2. The molecule has 124 valence electrons. The smallest absolute Gasteiger partial charge is 0.252 e. The number of aryl methyl sites for hydroxylation is 1. The third-order valence-corrected chi connectivity index (χ3v) is 5.37. The highest BCUT2D eigenvalue weighted by molar-refractivity contribution is 9.11. The van der Waals surface area contributed by atoms with Gasteiger partial charge in [-0.05, 0) is 41.1 Å². The number of hydrogen-bond acceptors (Lipinski definition) is 5. The highest BCUT2D eigenvalue weighted by atomic mass is 79.9. The molecule has 1 N–H and O–H groups in total. The molecule has 0 spiro atoms. The lowest BCUT2D eigenvalue weighted by Crippen LogP contribution is -2.43. The molecule has 2 aromatic heterocycles. The third kappa shape index (κ3) is 4.23. The number of morpholine rings is 1. The summed E-state index contributed by atoms with van der Waals surface area (Å²) in [6, 6.07) is 5.81. The van der Waals surface area contributed by atoms with Gasteiger partial charge in [-0.15, -0.1) is 11.3 Å². The number of carbonyl (C=O) groups is 1. The van der Waals surface area contributed by atoms with E-state index in [0.29, 0.717) is 25.3 Å². The highest BCUT2D eigenvalue weighted by Crippen LogP contribution is 2.24. The van der Waals surface area contributed by atoms with Gasteiger partial charge in [0.2, 0.25) is 0 Å². The Labute approximate surface area is 147 Å². The van der Waals surface area contributed by atoms with Gasteiger partial charge in [0.1, 0.15) is 11.5 Å². The van der Waals surface area contributed by atoms with Crippen LogP contribution in [0.3, 0.4) is 0 Å². The average molecular weight is 399 g/mol. The molecular weight excluding hydrogens is 380 g/mol. The third-order valence-electron chi connectivity index (χ3n) is 3.86. The highest BCUT2D eigenvalue weighted by Gasteiger charge is 2.25. The maximum atomic E-state index is 12.3. The predicted molar refractivity (Wildman–Crippen MR) is 92.9 cm³/mol. The SMILES string of the molecule is Cc1ccc(C(CNC(=O)c2csc(Br)c2)N2CCOCC2)o1. The van der Waals surface area contributed by atoms with Crippen LogP contribution in [-0.2, 0) is 4.74 Å². The molecule has 1 aliphatic rings. The first-order valence-corrected chi connectivity index (χ1v) is 9.21. The maximum Gasteiger partial charge on any atom is 0.252 e. The lowest BCUT2D eigenvalue weighted by molar-refractivity contribution is 0.0117. The maximum absolute atomic E-state index is 12.3. The molecule has 23 heavy (non-hydrogen) atoms. The van der Waals surface area contributed by atoms with Crippen molar-refractivity contribution in [1.82, 2.24) is 10.2 Å². The van der Waals surface area contributed by atoms with Crippen molar-refractivity contribution in [2.45, 2.75) is 13.0 Å². The summed E-state index contributed by atoms with van der Waals surface area (Å²) in [7, 11) is 0. The molecule has 1 saturated heterocycles. The minimum absolute atomic E-state index is 0.0265. The van der Waals surface area contributed by atoms with Gasteiger partial charge >= 0.3 is 0 Å². The summed E-state index contributed by atoms with van der Waals surface area (Å²) in [5.74, 6) is 1.70. The zero-order valence-corrected chi connectivity index (χ0v) is 15.3. The van der Waals surface area contributed by atoms with Crippen LogP contribution in [0.4, 0.5) is 0 Å². The lowest BCUT2D eigenvalue weighted by Gasteiger charge is -2.33. The van der Waals surface area contributed by atoms with E-state index < -0.39 is 0 Å². The molecule has 1 amide bonds. The number of amides is 1. The fourth-order valence-corrected chi connectivity index (χ4v) is 3.79. The van der Waals surface area contributed by atoms with E-state index in [4.69, 9.17) is 9.15 Å². The minimum Gasteiger partial charge on any atom is -0.465 e. The molecule has 0 aliphatic carbocycles. The summed E-state index contributed by atoms with van der Waals surface area (Å²) in [6.45, 7) is 5.54. The first kappa shape index (κ1) is 16.7. The van der Waals surface area contributed by atoms with E-state index in [9.17, 15) is 4.79 Å². The summed E-state index contributed by atoms with van der Waals surface area (Å²) in [6.07, 6.45) is 0. The second-order valence-corrected chi connectivity index (χ2v) is 7.75. The normalized spacial score (nSPS) is 17.1. The molecule has 3 rings (SSSR count). The van der Waals surface area contributed by atoms with E-state index in [1.165, 1.54) is 11.3 Å². The number of hydrogen-bond donors (Lipinski definition) is 1. The first-order valence-electron chi connectivity index (χ1n) is 7.54. The molecule has 1 aliphatic heterocycles. The Kier molecular flexibility index (Phi) is 5.53. The largest absolute Gasteiger partial charge is 0.465 e. The van der Waals surface area contributed by atoms with Crippen LogP contribution in [0.5, 0.6) is 0 Å². The van der Waals surface area contributed by atoms with Crippen molar-refractivity contribution >= 4 is 33.2 Å². The number of furan rings is 1. The Balaban J connectivity index is 1.69. The van der Waals surface area contributed by atoms with Crippen molar-refractivity contribution in [3.05, 3.63) is 44.4 Å². The van der Waals surface area contributed by atoms with Crippen molar-refractivity contribution in [3.63, 3.8) is 0 Å². The molecule has 1 unspecified atom stereocenters. The van der Waals surface area contributed by atoms with Gasteiger partial charge in [-0.2, -0.15) is 0 Å². The van der Waals surface area contributed by atoms with E-state index >= 15 is 0 Å². The van der Waals surface area contributed by atoms with Crippen LogP contribution in [0.1, 0.15) is 27.9 Å². The number of nitrogens with one attached hydrogen (secondary N) is 1. The van der Waals surface area contributed by atoms with Gasteiger partial charge < -0.3 is 14.5 Å². The van der Waals surface area contributed by atoms with E-state index in [1.54, 1.807) is 0 Å². The molecule has 1 atom stereocenters. The van der Waals surface area contributed by atoms with E-state index in [2.05, 4.69) is 26.1 Å². The van der Waals surface area contributed by atoms with Crippen molar-refractivity contribution in [1.29, 1.82) is 0 Å². The summed E-state index contributed by atoms with van der Waals surface area (Å²) in [5.41, 5.74) is 0.679. The Morgan fingerprint density at radius 1 is 1.43 bits per heavy atom. The van der Waals surface area contributed by atoms with Gasteiger partial charge in [0, 0.05) is 25.0 Å². The van der Waals surface area contributed by atoms with Gasteiger partial charge in [-0.1, -0.05) is 0 Å². The molecule has 5 nitrogen and oxygen atoms in total. The fraction of sp³-hybridized carbons (Fsp3) is 0.438. The Bertz CT molecular complexity index is 664. The Hall–Kier alpha value is -1.15. The number of ether oxygens (including phenoxy) is 1. The average Bonchev–Trinajstić information content (AvgIpc) is 3.17. The molecule has 1 fully saturated rings. The topological polar surface area (TPSA) is 54.7 Å². The van der Waals surface area contributed by atoms with Crippen LogP contribution < -0.4 is 5.32 Å². The summed E-state index contributed by atoms with van der Waals surface area (Å²) in [5, 5.41) is 4.87. The van der Waals surface area contributed by atoms with Crippen molar-refractivity contribution in [2.75, 3.05) is 32.8 Å². The number of carbonyl (C=O) groups excluding carboxylic acids is 1. The molecule has 0 bridgehead atoms. The first-order chi connectivity index (χ1) is 11.1. The molecule has 2 aromatic rings. The monoisotopic (exact) mass is 398 g/mol. The van der Waals surface area contributed by atoms with Crippen LogP contribution in [-0.4, -0.2) is 43.7 Å².